The second-order valence-electron chi connectivity index (χ2n) is 5.10. The number of aromatic nitrogens is 1. The molecule has 0 aliphatic heterocycles. The first-order chi connectivity index (χ1) is 10.4. The van der Waals surface area contributed by atoms with Crippen LogP contribution in [0.5, 0.6) is 0 Å². The molecule has 0 bridgehead atoms. The van der Waals surface area contributed by atoms with Gasteiger partial charge < -0.3 is 10.7 Å². The number of nitrogens with zero attached hydrogens (tertiary/aromatic N) is 2. The van der Waals surface area contributed by atoms with Gasteiger partial charge in [-0.3, -0.25) is 4.79 Å². The van der Waals surface area contributed by atoms with E-state index in [0.717, 1.165) is 10.0 Å². The Kier molecular flexibility index (Phi) is 4.35. The normalized spacial score (nSPS) is 10.3. The van der Waals surface area contributed by atoms with Gasteiger partial charge in [0.25, 0.3) is 5.56 Å². The van der Waals surface area contributed by atoms with Crippen molar-refractivity contribution in [2.75, 3.05) is 5.73 Å². The molecule has 0 aliphatic carbocycles. The number of hydrogen-bond acceptors (Lipinski definition) is 4. The van der Waals surface area contributed by atoms with Crippen LogP contribution in [0.2, 0.25) is 0 Å². The molecular weight excluding hydrogens is 344 g/mol. The number of nitrogen functional groups attached to an aromatic ring is 1. The molecule has 1 aromatic heterocycles. The van der Waals surface area contributed by atoms with Crippen LogP contribution in [0.1, 0.15) is 36.5 Å². The number of nitrogens with two attached hydrogens (primary N) is 1. The summed E-state index contributed by atoms with van der Waals surface area (Å²) < 4.78 is 0.884. The van der Waals surface area contributed by atoms with E-state index in [0.29, 0.717) is 11.1 Å². The quantitative estimate of drug-likeness (QED) is 0.860. The molecule has 0 spiro atoms. The molecular formula is C16H13BrN4O. The van der Waals surface area contributed by atoms with Gasteiger partial charge in [-0.25, -0.2) is 0 Å². The number of anilines is 1. The predicted molar refractivity (Wildman–Crippen MR) is 88.1 cm³/mol. The van der Waals surface area contributed by atoms with Gasteiger partial charge in [-0.2, -0.15) is 10.5 Å². The lowest BCUT2D eigenvalue weighted by Crippen LogP contribution is -2.16. The Morgan fingerprint density at radius 2 is 1.86 bits per heavy atom. The summed E-state index contributed by atoms with van der Waals surface area (Å²) >= 11 is 3.41. The minimum absolute atomic E-state index is 0.0286. The third-order valence-corrected chi connectivity index (χ3v) is 3.87. The maximum atomic E-state index is 12.0. The van der Waals surface area contributed by atoms with Crippen molar-refractivity contribution in [3.05, 3.63) is 49.7 Å². The highest BCUT2D eigenvalue weighted by Gasteiger charge is 2.21. The number of benzene rings is 1. The van der Waals surface area contributed by atoms with Crippen LogP contribution in [-0.2, 0) is 0 Å². The maximum absolute atomic E-state index is 12.0. The Bertz CT molecular complexity index is 885. The summed E-state index contributed by atoms with van der Waals surface area (Å²) in [6.07, 6.45) is 0. The van der Waals surface area contributed by atoms with E-state index in [9.17, 15) is 15.3 Å². The van der Waals surface area contributed by atoms with E-state index in [1.54, 1.807) is 12.1 Å². The number of rotatable bonds is 2. The lowest BCUT2D eigenvalue weighted by Gasteiger charge is -2.16. The summed E-state index contributed by atoms with van der Waals surface area (Å²) in [6.45, 7) is 4.00. The van der Waals surface area contributed by atoms with Crippen molar-refractivity contribution < 1.29 is 0 Å². The van der Waals surface area contributed by atoms with Gasteiger partial charge in [0.15, 0.2) is 0 Å². The van der Waals surface area contributed by atoms with Gasteiger partial charge in [0.1, 0.15) is 29.1 Å². The Morgan fingerprint density at radius 1 is 1.23 bits per heavy atom. The lowest BCUT2D eigenvalue weighted by atomic mass is 9.88. The number of nitriles is 2. The molecule has 22 heavy (non-hydrogen) atoms. The summed E-state index contributed by atoms with van der Waals surface area (Å²) in [5.41, 5.74) is 7.06. The van der Waals surface area contributed by atoms with Crippen molar-refractivity contribution >= 4 is 21.7 Å². The van der Waals surface area contributed by atoms with Crippen LogP contribution in [0.3, 0.4) is 0 Å². The second kappa shape index (κ2) is 6.05. The van der Waals surface area contributed by atoms with E-state index in [1.165, 1.54) is 0 Å². The van der Waals surface area contributed by atoms with Crippen LogP contribution >= 0.6 is 15.9 Å². The smallest absolute Gasteiger partial charge is 0.268 e. The Hall–Kier alpha value is -2.57. The zero-order valence-electron chi connectivity index (χ0n) is 12.1. The van der Waals surface area contributed by atoms with E-state index in [4.69, 9.17) is 5.73 Å². The topological polar surface area (TPSA) is 106 Å². The molecule has 6 heteroatoms. The summed E-state index contributed by atoms with van der Waals surface area (Å²) in [4.78, 5) is 14.4. The molecule has 0 radical (unpaired) electrons. The number of H-pyrrole nitrogens is 1. The van der Waals surface area contributed by atoms with E-state index in [1.807, 2.05) is 32.1 Å². The van der Waals surface area contributed by atoms with Gasteiger partial charge in [-0.05, 0) is 29.2 Å². The summed E-state index contributed by atoms with van der Waals surface area (Å²) in [5, 5.41) is 18.7. The van der Waals surface area contributed by atoms with E-state index >= 15 is 0 Å². The Morgan fingerprint density at radius 3 is 2.41 bits per heavy atom. The van der Waals surface area contributed by atoms with Gasteiger partial charge in [0.2, 0.25) is 0 Å². The fourth-order valence-corrected chi connectivity index (χ4v) is 2.73. The van der Waals surface area contributed by atoms with Crippen LogP contribution in [0.4, 0.5) is 5.82 Å². The van der Waals surface area contributed by atoms with Crippen LogP contribution in [0.15, 0.2) is 27.5 Å². The standard InChI is InChI=1S/C16H13BrN4O/c1-8(2)11-5-9(17)3-4-10(11)14-12(6-18)15(20)21-16(22)13(14)7-19/h3-5,8H,1-2H3,(H3,20,21,22). The summed E-state index contributed by atoms with van der Waals surface area (Å²) in [6, 6.07) is 9.38. The number of aromatic amines is 1. The molecule has 110 valence electrons. The van der Waals surface area contributed by atoms with Crippen LogP contribution in [-0.4, -0.2) is 4.98 Å². The van der Waals surface area contributed by atoms with E-state index in [-0.39, 0.29) is 22.9 Å². The van der Waals surface area contributed by atoms with Crippen molar-refractivity contribution in [2.45, 2.75) is 19.8 Å². The molecule has 0 saturated heterocycles. The first kappa shape index (κ1) is 15.8. The molecule has 0 fully saturated rings. The molecule has 0 amide bonds. The SMILES string of the molecule is CC(C)c1cc(Br)ccc1-c1c(C#N)c(N)[nH]c(=O)c1C#N. The highest BCUT2D eigenvalue weighted by Crippen LogP contribution is 2.35. The van der Waals surface area contributed by atoms with Crippen LogP contribution in [0.25, 0.3) is 11.1 Å². The van der Waals surface area contributed by atoms with Gasteiger partial charge in [0, 0.05) is 10.0 Å². The number of hydrogen-bond donors (Lipinski definition) is 2. The zero-order chi connectivity index (χ0) is 16.4. The molecule has 2 aromatic rings. The molecule has 3 N–H and O–H groups in total. The largest absolute Gasteiger partial charge is 0.384 e. The third kappa shape index (κ3) is 2.61. The summed E-state index contributed by atoms with van der Waals surface area (Å²) in [5.74, 6) is 0.116. The van der Waals surface area contributed by atoms with Crippen molar-refractivity contribution in [3.63, 3.8) is 0 Å². The number of nitrogens with one attached hydrogen (secondary N) is 1. The predicted octanol–water partition coefficient (Wildman–Crippen LogP) is 3.25. The van der Waals surface area contributed by atoms with E-state index in [2.05, 4.69) is 20.9 Å². The van der Waals surface area contributed by atoms with Crippen LogP contribution in [0, 0.1) is 22.7 Å². The molecule has 0 unspecified atom stereocenters. The number of pyridine rings is 1. The molecule has 1 heterocycles. The fourth-order valence-electron chi connectivity index (χ4n) is 2.35. The van der Waals surface area contributed by atoms with Gasteiger partial charge in [0.05, 0.1) is 0 Å². The zero-order valence-corrected chi connectivity index (χ0v) is 13.7. The average Bonchev–Trinajstić information content (AvgIpc) is 2.46. The monoisotopic (exact) mass is 356 g/mol. The molecule has 0 aliphatic rings. The third-order valence-electron chi connectivity index (χ3n) is 3.37. The molecule has 5 nitrogen and oxygen atoms in total. The Labute approximate surface area is 136 Å². The molecule has 2 rings (SSSR count). The van der Waals surface area contributed by atoms with Crippen molar-refractivity contribution in [1.29, 1.82) is 10.5 Å². The minimum Gasteiger partial charge on any atom is -0.384 e. The van der Waals surface area contributed by atoms with Crippen molar-refractivity contribution in [3.8, 4) is 23.3 Å². The highest BCUT2D eigenvalue weighted by atomic mass is 79.9. The van der Waals surface area contributed by atoms with Gasteiger partial charge >= 0.3 is 0 Å². The minimum atomic E-state index is -0.591. The summed E-state index contributed by atoms with van der Waals surface area (Å²) in [7, 11) is 0. The van der Waals surface area contributed by atoms with Gasteiger partial charge in [-0.15, -0.1) is 0 Å². The van der Waals surface area contributed by atoms with E-state index < -0.39 is 5.56 Å². The second-order valence-corrected chi connectivity index (χ2v) is 6.02. The van der Waals surface area contributed by atoms with Gasteiger partial charge in [-0.1, -0.05) is 35.8 Å². The highest BCUT2D eigenvalue weighted by molar-refractivity contribution is 9.10. The molecule has 0 atom stereocenters. The first-order valence-corrected chi connectivity index (χ1v) is 7.35. The van der Waals surface area contributed by atoms with Crippen LogP contribution < -0.4 is 11.3 Å². The number of halogens is 1. The first-order valence-electron chi connectivity index (χ1n) is 6.56. The fraction of sp³-hybridized carbons (Fsp3) is 0.188. The molecule has 0 saturated carbocycles. The molecule has 1 aromatic carbocycles. The Balaban J connectivity index is 2.99. The average molecular weight is 357 g/mol. The lowest BCUT2D eigenvalue weighted by molar-refractivity contribution is 0.867. The van der Waals surface area contributed by atoms with Crippen molar-refractivity contribution in [2.24, 2.45) is 0 Å². The van der Waals surface area contributed by atoms with Crippen molar-refractivity contribution in [1.82, 2.24) is 4.98 Å². The maximum Gasteiger partial charge on any atom is 0.268 e.